The molecule has 2 aromatic carbocycles. The Labute approximate surface area is 233 Å². The molecule has 1 fully saturated rings. The molecule has 15 heteroatoms. The predicted octanol–water partition coefficient (Wildman–Crippen LogP) is 5.72. The van der Waals surface area contributed by atoms with Gasteiger partial charge in [0, 0.05) is 54.5 Å². The van der Waals surface area contributed by atoms with Crippen LogP contribution in [0.5, 0.6) is 5.75 Å². The number of fused-ring (bicyclic) bond motifs is 1. The van der Waals surface area contributed by atoms with Gasteiger partial charge in [0.2, 0.25) is 5.91 Å². The van der Waals surface area contributed by atoms with Crippen molar-refractivity contribution in [2.75, 3.05) is 0 Å². The molecule has 2 N–H and O–H groups in total. The van der Waals surface area contributed by atoms with E-state index in [1.54, 1.807) is 29.8 Å². The van der Waals surface area contributed by atoms with E-state index >= 15 is 0 Å². The smallest absolute Gasteiger partial charge is 0.405 e. The zero-order chi connectivity index (χ0) is 30.1. The summed E-state index contributed by atoms with van der Waals surface area (Å²) in [6, 6.07) is 9.54. The maximum absolute atomic E-state index is 13.4. The Morgan fingerprint density at radius 1 is 1.00 bits per heavy atom. The number of hydrogen-bond donors (Lipinski definition) is 1. The van der Waals surface area contributed by atoms with E-state index in [9.17, 15) is 31.1 Å². The van der Waals surface area contributed by atoms with Gasteiger partial charge in [-0.2, -0.15) is 23.4 Å². The molecule has 218 valence electrons. The molecule has 3 aromatic heterocycles. The van der Waals surface area contributed by atoms with Crippen LogP contribution in [0.25, 0.3) is 39.4 Å². The van der Waals surface area contributed by atoms with Gasteiger partial charge in [0.15, 0.2) is 5.82 Å². The van der Waals surface area contributed by atoms with Gasteiger partial charge in [-0.25, -0.2) is 9.67 Å². The number of carbonyl (C=O) groups excluding carboxylic acids is 1. The minimum absolute atomic E-state index is 0.0102. The van der Waals surface area contributed by atoms with Crippen molar-refractivity contribution >= 4 is 16.8 Å². The second kappa shape index (κ2) is 9.36. The molecular formula is C27H21F6N7O2. The van der Waals surface area contributed by atoms with Gasteiger partial charge in [-0.15, -0.1) is 13.2 Å². The Morgan fingerprint density at radius 3 is 2.36 bits per heavy atom. The molecule has 0 saturated heterocycles. The number of rotatable bonds is 6. The monoisotopic (exact) mass is 589 g/mol. The van der Waals surface area contributed by atoms with Crippen molar-refractivity contribution in [2.24, 2.45) is 19.8 Å². The van der Waals surface area contributed by atoms with Gasteiger partial charge in [0.1, 0.15) is 17.3 Å². The van der Waals surface area contributed by atoms with Crippen LogP contribution in [0.1, 0.15) is 40.5 Å². The molecule has 1 amide bonds. The number of alkyl halides is 6. The summed E-state index contributed by atoms with van der Waals surface area (Å²) < 4.78 is 88.0. The molecule has 0 unspecified atom stereocenters. The van der Waals surface area contributed by atoms with Crippen LogP contribution in [0.2, 0.25) is 0 Å². The minimum atomic E-state index is -5.05. The highest BCUT2D eigenvalue weighted by Crippen LogP contribution is 2.47. The number of nitrogens with two attached hydrogens (primary N) is 1. The summed E-state index contributed by atoms with van der Waals surface area (Å²) in [5.74, 6) is -1.36. The van der Waals surface area contributed by atoms with Crippen molar-refractivity contribution < 1.29 is 35.9 Å². The molecule has 1 saturated carbocycles. The minimum Gasteiger partial charge on any atom is -0.405 e. The number of halogens is 6. The van der Waals surface area contributed by atoms with Crippen LogP contribution in [-0.4, -0.2) is 41.4 Å². The molecule has 42 heavy (non-hydrogen) atoms. The highest BCUT2D eigenvalue weighted by Gasteiger charge is 2.37. The summed E-state index contributed by atoms with van der Waals surface area (Å²) in [6.07, 6.45) is -6.44. The second-order valence-corrected chi connectivity index (χ2v) is 9.95. The fourth-order valence-corrected chi connectivity index (χ4v) is 5.04. The number of nitrogens with zero attached hydrogens (tertiary/aromatic N) is 6. The molecular weight excluding hydrogens is 568 g/mol. The number of aromatic nitrogens is 6. The average Bonchev–Trinajstić information content (AvgIpc) is 3.33. The molecule has 5 aromatic rings. The van der Waals surface area contributed by atoms with Gasteiger partial charge < -0.3 is 15.0 Å². The van der Waals surface area contributed by atoms with E-state index < -0.39 is 29.9 Å². The largest absolute Gasteiger partial charge is 0.573 e. The normalized spacial score (nSPS) is 14.1. The Balaban J connectivity index is 1.51. The van der Waals surface area contributed by atoms with Crippen molar-refractivity contribution in [2.45, 2.75) is 31.3 Å². The second-order valence-electron chi connectivity index (χ2n) is 9.95. The van der Waals surface area contributed by atoms with Crippen molar-refractivity contribution in [1.29, 1.82) is 0 Å². The van der Waals surface area contributed by atoms with E-state index in [1.165, 1.54) is 30.1 Å². The zero-order valence-electron chi connectivity index (χ0n) is 22.0. The van der Waals surface area contributed by atoms with Gasteiger partial charge in [-0.1, -0.05) is 12.1 Å². The fraction of sp³-hybridized carbons (Fsp3) is 0.259. The number of primary amides is 1. The topological polar surface area (TPSA) is 106 Å². The summed E-state index contributed by atoms with van der Waals surface area (Å²) in [6.45, 7) is 0. The molecule has 0 aliphatic heterocycles. The zero-order valence-corrected chi connectivity index (χ0v) is 22.0. The van der Waals surface area contributed by atoms with Gasteiger partial charge in [-0.05, 0) is 37.1 Å². The maximum atomic E-state index is 13.4. The van der Waals surface area contributed by atoms with Crippen LogP contribution >= 0.6 is 0 Å². The first-order valence-corrected chi connectivity index (χ1v) is 12.6. The van der Waals surface area contributed by atoms with Crippen LogP contribution in [0, 0.1) is 0 Å². The molecule has 3 heterocycles. The summed E-state index contributed by atoms with van der Waals surface area (Å²) in [4.78, 5) is 16.4. The highest BCUT2D eigenvalue weighted by atomic mass is 19.4. The number of aryl methyl sites for hydroxylation is 1. The Morgan fingerprint density at radius 2 is 1.74 bits per heavy atom. The number of benzene rings is 2. The molecule has 9 nitrogen and oxygen atoms in total. The van der Waals surface area contributed by atoms with E-state index in [-0.39, 0.29) is 28.7 Å². The number of amides is 1. The van der Waals surface area contributed by atoms with Gasteiger partial charge in [0.05, 0.1) is 16.8 Å². The van der Waals surface area contributed by atoms with Gasteiger partial charge >= 0.3 is 12.5 Å². The van der Waals surface area contributed by atoms with Crippen LogP contribution in [-0.2, 0) is 20.3 Å². The lowest BCUT2D eigenvalue weighted by Gasteiger charge is -2.14. The quantitative estimate of drug-likeness (QED) is 0.255. The summed E-state index contributed by atoms with van der Waals surface area (Å²) in [5, 5.41) is 8.92. The molecule has 0 bridgehead atoms. The lowest BCUT2D eigenvalue weighted by molar-refractivity contribution is -0.274. The fourth-order valence-electron chi connectivity index (χ4n) is 5.04. The first-order valence-electron chi connectivity index (χ1n) is 12.6. The van der Waals surface area contributed by atoms with E-state index in [0.717, 1.165) is 35.4 Å². The lowest BCUT2D eigenvalue weighted by Crippen LogP contribution is -2.19. The Hall–Kier alpha value is -4.82. The van der Waals surface area contributed by atoms with Crippen molar-refractivity contribution in [1.82, 2.24) is 29.1 Å². The summed E-state index contributed by atoms with van der Waals surface area (Å²) in [7, 11) is 2.86. The van der Waals surface area contributed by atoms with Crippen LogP contribution < -0.4 is 10.5 Å². The third kappa shape index (κ3) is 4.84. The molecule has 0 atom stereocenters. The van der Waals surface area contributed by atoms with Crippen LogP contribution in [0.15, 0.2) is 48.7 Å². The van der Waals surface area contributed by atoms with E-state index in [4.69, 9.17) is 10.7 Å². The molecule has 0 radical (unpaired) electrons. The predicted molar refractivity (Wildman–Crippen MR) is 138 cm³/mol. The van der Waals surface area contributed by atoms with Gasteiger partial charge in [-0.3, -0.25) is 9.48 Å². The molecule has 0 spiro atoms. The van der Waals surface area contributed by atoms with E-state index in [1.807, 2.05) is 0 Å². The van der Waals surface area contributed by atoms with Crippen molar-refractivity contribution in [3.63, 3.8) is 0 Å². The standard InChI is InChI=1S/C27H21F6N7O2/c1-38-23(13-6-7-13)22(35-25(38)16-9-8-14(24(34)41)10-19(16)42-27(31,32)33)15-4-3-5-18-17(15)12-40(36-18)21-11-20(26(28,29)30)39(2)37-21/h3-5,8-13H,6-7H2,1-2H3,(H2,34,41). The van der Waals surface area contributed by atoms with Crippen molar-refractivity contribution in [3.8, 4) is 34.2 Å². The number of ether oxygens (including phenoxy) is 1. The highest BCUT2D eigenvalue weighted by molar-refractivity contribution is 5.96. The molecule has 1 aliphatic rings. The van der Waals surface area contributed by atoms with Crippen LogP contribution in [0.4, 0.5) is 26.3 Å². The number of hydrogen-bond acceptors (Lipinski definition) is 5. The Kier molecular flexibility index (Phi) is 6.09. The third-order valence-electron chi connectivity index (χ3n) is 7.03. The van der Waals surface area contributed by atoms with Gasteiger partial charge in [0.25, 0.3) is 0 Å². The average molecular weight is 590 g/mol. The first kappa shape index (κ1) is 27.4. The molecule has 6 rings (SSSR count). The van der Waals surface area contributed by atoms with Crippen molar-refractivity contribution in [3.05, 3.63) is 65.6 Å². The number of carbonyl (C=O) groups is 1. The SMILES string of the molecule is Cn1nc(-n2cc3c(-c4nc(-c5ccc(C(N)=O)cc5OC(F)(F)F)n(C)c4C4CC4)cccc3n2)cc1C(F)(F)F. The third-order valence-corrected chi connectivity index (χ3v) is 7.03. The lowest BCUT2D eigenvalue weighted by atomic mass is 10.0. The molecule has 1 aliphatic carbocycles. The first-order chi connectivity index (χ1) is 19.7. The van der Waals surface area contributed by atoms with E-state index in [0.29, 0.717) is 22.2 Å². The summed E-state index contributed by atoms with van der Waals surface area (Å²) in [5.41, 5.74) is 6.44. The Bertz CT molecular complexity index is 1860. The summed E-state index contributed by atoms with van der Waals surface area (Å²) >= 11 is 0. The maximum Gasteiger partial charge on any atom is 0.573 e. The van der Waals surface area contributed by atoms with E-state index in [2.05, 4.69) is 14.9 Å². The van der Waals surface area contributed by atoms with Crippen LogP contribution in [0.3, 0.4) is 0 Å². The number of imidazole rings is 1.